The van der Waals surface area contributed by atoms with Gasteiger partial charge in [-0.15, -0.1) is 0 Å². The van der Waals surface area contributed by atoms with Gasteiger partial charge in [-0.05, 0) is 94.1 Å². The lowest BCUT2D eigenvalue weighted by molar-refractivity contribution is 0.0297. The number of ether oxygens (including phenoxy) is 2. The van der Waals surface area contributed by atoms with Gasteiger partial charge in [0.15, 0.2) is 0 Å². The Morgan fingerprint density at radius 2 is 1.88 bits per heavy atom. The van der Waals surface area contributed by atoms with Gasteiger partial charge in [0.1, 0.15) is 29.0 Å². The minimum absolute atomic E-state index is 0.130. The van der Waals surface area contributed by atoms with Gasteiger partial charge in [0.25, 0.3) is 0 Å². The molecule has 2 N–H and O–H groups in total. The largest absolute Gasteiger partial charge is 0.486 e. The molecule has 9 heteroatoms. The number of likely N-dealkylation sites (tertiary alicyclic amines) is 1. The molecule has 3 aliphatic heterocycles. The fourth-order valence-electron chi connectivity index (χ4n) is 7.35. The first-order valence-electron chi connectivity index (χ1n) is 15.7. The fourth-order valence-corrected chi connectivity index (χ4v) is 7.35. The minimum Gasteiger partial charge on any atom is -0.486 e. The molecule has 3 fully saturated rings. The number of benzene rings is 1. The smallest absolute Gasteiger partial charge is 0.137 e. The first-order chi connectivity index (χ1) is 21.1. The Morgan fingerprint density at radius 1 is 1.02 bits per heavy atom. The molecule has 7 heterocycles. The third-order valence-corrected chi connectivity index (χ3v) is 9.95. The van der Waals surface area contributed by atoms with Crippen LogP contribution in [-0.4, -0.2) is 76.0 Å². The van der Waals surface area contributed by atoms with Gasteiger partial charge in [0.2, 0.25) is 0 Å². The molecule has 1 aromatic carbocycles. The average Bonchev–Trinajstić information content (AvgIpc) is 3.68. The van der Waals surface area contributed by atoms with Crippen molar-refractivity contribution >= 4 is 27.8 Å². The Bertz CT molecular complexity index is 1710. The molecule has 0 bridgehead atoms. The van der Waals surface area contributed by atoms with E-state index < -0.39 is 0 Å². The van der Waals surface area contributed by atoms with E-state index in [4.69, 9.17) is 14.5 Å². The van der Waals surface area contributed by atoms with Gasteiger partial charge in [-0.1, -0.05) is 0 Å². The molecule has 1 atom stereocenters. The molecule has 3 saturated heterocycles. The topological polar surface area (TPSA) is 95.2 Å². The zero-order valence-corrected chi connectivity index (χ0v) is 24.8. The van der Waals surface area contributed by atoms with Crippen molar-refractivity contribution in [2.75, 3.05) is 50.8 Å². The van der Waals surface area contributed by atoms with Crippen LogP contribution < -0.4 is 9.64 Å². The maximum Gasteiger partial charge on any atom is 0.137 e. The number of aromatic nitrogens is 5. The Labute approximate surface area is 251 Å². The van der Waals surface area contributed by atoms with Crippen molar-refractivity contribution in [1.29, 1.82) is 0 Å². The molecule has 0 aliphatic carbocycles. The Balaban J connectivity index is 0.915. The molecule has 0 amide bonds. The number of anilines is 1. The van der Waals surface area contributed by atoms with Crippen molar-refractivity contribution in [2.45, 2.75) is 38.7 Å². The van der Waals surface area contributed by atoms with Crippen molar-refractivity contribution in [3.8, 4) is 17.0 Å². The lowest BCUT2D eigenvalue weighted by Gasteiger charge is -2.54. The van der Waals surface area contributed by atoms with Gasteiger partial charge in [0.05, 0.1) is 5.52 Å². The van der Waals surface area contributed by atoms with Crippen molar-refractivity contribution in [2.24, 2.45) is 11.3 Å². The molecule has 9 nitrogen and oxygen atoms in total. The molecule has 1 spiro atoms. The number of hydrogen-bond acceptors (Lipinski definition) is 7. The van der Waals surface area contributed by atoms with Crippen LogP contribution in [0.4, 0.5) is 5.82 Å². The van der Waals surface area contributed by atoms with Crippen LogP contribution in [0.3, 0.4) is 0 Å². The highest BCUT2D eigenvalue weighted by Gasteiger charge is 2.45. The second-order valence-corrected chi connectivity index (χ2v) is 12.8. The highest BCUT2D eigenvalue weighted by molar-refractivity contribution is 5.93. The molecule has 222 valence electrons. The van der Waals surface area contributed by atoms with E-state index in [0.29, 0.717) is 5.41 Å². The van der Waals surface area contributed by atoms with E-state index in [9.17, 15) is 0 Å². The number of pyridine rings is 2. The number of rotatable bonds is 7. The number of H-pyrrole nitrogens is 2. The first-order valence-corrected chi connectivity index (χ1v) is 15.7. The second kappa shape index (κ2) is 11.0. The van der Waals surface area contributed by atoms with E-state index in [-0.39, 0.29) is 6.10 Å². The lowest BCUT2D eigenvalue weighted by atomic mass is 9.72. The van der Waals surface area contributed by atoms with E-state index >= 15 is 0 Å². The second-order valence-electron chi connectivity index (χ2n) is 12.8. The molecule has 43 heavy (non-hydrogen) atoms. The van der Waals surface area contributed by atoms with Gasteiger partial charge < -0.3 is 24.3 Å². The summed E-state index contributed by atoms with van der Waals surface area (Å²) >= 11 is 0. The molecular formula is C34H39N7O2. The number of fused-ring (bicyclic) bond motifs is 2. The standard InChI is InChI=1S/C34H39N7O2/c1-23(27-6-12-35-33-28(27)7-13-36-33)43-26-3-4-30-29(18-26)32(39-38-30)25-2-5-31(37-19-25)41-21-34(22-41)10-14-40(15-11-34)20-24-8-16-42-17-9-24/h2-7,12-13,18-19,23-24H,8-11,14-17,20-22H2,1H3,(H,35,36)(H,38,39). The quantitative estimate of drug-likeness (QED) is 0.246. The highest BCUT2D eigenvalue weighted by Crippen LogP contribution is 2.43. The van der Waals surface area contributed by atoms with Crippen LogP contribution in [0, 0.1) is 11.3 Å². The zero-order valence-electron chi connectivity index (χ0n) is 24.8. The number of nitrogens with zero attached hydrogens (tertiary/aromatic N) is 5. The van der Waals surface area contributed by atoms with E-state index in [1.807, 2.05) is 42.9 Å². The molecule has 0 saturated carbocycles. The molecule has 8 rings (SSSR count). The maximum absolute atomic E-state index is 6.40. The van der Waals surface area contributed by atoms with Crippen molar-refractivity contribution in [3.63, 3.8) is 0 Å². The molecule has 3 aliphatic rings. The van der Waals surface area contributed by atoms with Crippen molar-refractivity contribution < 1.29 is 9.47 Å². The number of nitrogens with one attached hydrogen (secondary N) is 2. The van der Waals surface area contributed by atoms with Crippen molar-refractivity contribution in [1.82, 2.24) is 30.0 Å². The predicted octanol–water partition coefficient (Wildman–Crippen LogP) is 5.97. The molecule has 5 aromatic rings. The number of piperidine rings is 1. The minimum atomic E-state index is -0.130. The van der Waals surface area contributed by atoms with E-state index in [1.165, 1.54) is 45.3 Å². The van der Waals surface area contributed by atoms with Crippen LogP contribution in [0.1, 0.15) is 44.3 Å². The summed E-state index contributed by atoms with van der Waals surface area (Å²) in [6.45, 7) is 9.89. The van der Waals surface area contributed by atoms with E-state index in [0.717, 1.165) is 82.5 Å². The third kappa shape index (κ3) is 5.14. The SMILES string of the molecule is CC(Oc1ccc2[nH]nc(-c3ccc(N4CC5(CCN(CC6CCOCC6)CC5)C4)nc3)c2c1)c1ccnc2[nH]ccc12. The normalized spacial score (nSPS) is 20.1. The Morgan fingerprint density at radius 3 is 2.70 bits per heavy atom. The van der Waals surface area contributed by atoms with Gasteiger partial charge in [-0.25, -0.2) is 9.97 Å². The Kier molecular flexibility index (Phi) is 6.79. The highest BCUT2D eigenvalue weighted by atomic mass is 16.5. The van der Waals surface area contributed by atoms with E-state index in [2.05, 4.69) is 55.1 Å². The van der Waals surface area contributed by atoms with Crippen LogP contribution in [-0.2, 0) is 4.74 Å². The fraction of sp³-hybridized carbons (Fsp3) is 0.441. The summed E-state index contributed by atoms with van der Waals surface area (Å²) in [6.07, 6.45) is 10.6. The van der Waals surface area contributed by atoms with Gasteiger partial charge in [0, 0.05) is 78.8 Å². The van der Waals surface area contributed by atoms with Crippen LogP contribution in [0.15, 0.2) is 61.1 Å². The summed E-state index contributed by atoms with van der Waals surface area (Å²) in [5, 5.41) is 9.93. The zero-order chi connectivity index (χ0) is 28.8. The number of hydrogen-bond donors (Lipinski definition) is 2. The van der Waals surface area contributed by atoms with Crippen LogP contribution in [0.2, 0.25) is 0 Å². The summed E-state index contributed by atoms with van der Waals surface area (Å²) in [6, 6.07) is 14.5. The van der Waals surface area contributed by atoms with Crippen LogP contribution >= 0.6 is 0 Å². The summed E-state index contributed by atoms with van der Waals surface area (Å²) < 4.78 is 12.0. The summed E-state index contributed by atoms with van der Waals surface area (Å²) in [5.41, 5.74) is 5.30. The van der Waals surface area contributed by atoms with Gasteiger partial charge >= 0.3 is 0 Å². The average molecular weight is 578 g/mol. The van der Waals surface area contributed by atoms with Crippen LogP contribution in [0.25, 0.3) is 33.2 Å². The third-order valence-electron chi connectivity index (χ3n) is 9.95. The maximum atomic E-state index is 6.40. The molecule has 0 radical (unpaired) electrons. The predicted molar refractivity (Wildman–Crippen MR) is 168 cm³/mol. The van der Waals surface area contributed by atoms with Crippen molar-refractivity contribution in [3.05, 3.63) is 66.6 Å². The number of aromatic amines is 2. The molecular weight excluding hydrogens is 538 g/mol. The van der Waals surface area contributed by atoms with Gasteiger partial charge in [-0.3, -0.25) is 5.10 Å². The Hall–Kier alpha value is -3.95. The summed E-state index contributed by atoms with van der Waals surface area (Å²) in [4.78, 5) is 17.6. The van der Waals surface area contributed by atoms with Crippen LogP contribution in [0.5, 0.6) is 5.75 Å². The molecule has 1 unspecified atom stereocenters. The summed E-state index contributed by atoms with van der Waals surface area (Å²) in [5.74, 6) is 2.68. The van der Waals surface area contributed by atoms with E-state index in [1.54, 1.807) is 0 Å². The monoisotopic (exact) mass is 577 g/mol. The van der Waals surface area contributed by atoms with Gasteiger partial charge in [-0.2, -0.15) is 5.10 Å². The first kappa shape index (κ1) is 26.7. The molecule has 4 aromatic heterocycles. The lowest BCUT2D eigenvalue weighted by Crippen LogP contribution is -2.61. The summed E-state index contributed by atoms with van der Waals surface area (Å²) in [7, 11) is 0.